The summed E-state index contributed by atoms with van der Waals surface area (Å²) in [6, 6.07) is 13.1. The topological polar surface area (TPSA) is 53.1 Å². The van der Waals surface area contributed by atoms with E-state index in [9.17, 15) is 0 Å². The highest BCUT2D eigenvalue weighted by molar-refractivity contribution is 6.30. The number of imidazole rings is 1. The Bertz CT molecular complexity index is 813. The van der Waals surface area contributed by atoms with E-state index in [1.165, 1.54) is 0 Å². The zero-order chi connectivity index (χ0) is 15.7. The number of benzene rings is 2. The molecule has 0 bridgehead atoms. The smallest absolute Gasteiger partial charge is 0.131 e. The van der Waals surface area contributed by atoms with Crippen LogP contribution in [0.1, 0.15) is 24.4 Å². The highest BCUT2D eigenvalue weighted by Crippen LogP contribution is 2.32. The van der Waals surface area contributed by atoms with Crippen molar-refractivity contribution in [2.75, 3.05) is 7.11 Å². The molecule has 3 aromatic rings. The Hall–Kier alpha value is -2.04. The van der Waals surface area contributed by atoms with E-state index >= 15 is 0 Å². The quantitative estimate of drug-likeness (QED) is 0.797. The van der Waals surface area contributed by atoms with Crippen LogP contribution in [0.5, 0.6) is 5.75 Å². The average molecular weight is 316 g/mol. The van der Waals surface area contributed by atoms with Crippen LogP contribution in [0.2, 0.25) is 5.02 Å². The third kappa shape index (κ3) is 2.45. The number of ether oxygens (including phenoxy) is 1. The predicted molar refractivity (Wildman–Crippen MR) is 89.4 cm³/mol. The minimum atomic E-state index is -0.402. The molecule has 1 atom stereocenters. The molecule has 0 radical (unpaired) electrons. The van der Waals surface area contributed by atoms with E-state index in [-0.39, 0.29) is 0 Å². The van der Waals surface area contributed by atoms with Crippen molar-refractivity contribution in [1.29, 1.82) is 0 Å². The van der Waals surface area contributed by atoms with Gasteiger partial charge in [0.2, 0.25) is 0 Å². The van der Waals surface area contributed by atoms with E-state index in [0.717, 1.165) is 29.0 Å². The SMILES string of the molecule is CCn1c(C(N)c2cc(Cl)ccc2OC)nc2ccccc21. The van der Waals surface area contributed by atoms with E-state index in [0.29, 0.717) is 10.8 Å². The summed E-state index contributed by atoms with van der Waals surface area (Å²) in [6.07, 6.45) is 0. The van der Waals surface area contributed by atoms with E-state index in [4.69, 9.17) is 27.1 Å². The first-order valence-electron chi connectivity index (χ1n) is 7.20. The summed E-state index contributed by atoms with van der Waals surface area (Å²) in [4.78, 5) is 4.70. The molecule has 1 unspecified atom stereocenters. The molecule has 0 spiro atoms. The van der Waals surface area contributed by atoms with Gasteiger partial charge >= 0.3 is 0 Å². The third-order valence-electron chi connectivity index (χ3n) is 3.81. The third-order valence-corrected chi connectivity index (χ3v) is 4.04. The standard InChI is InChI=1S/C17H18ClN3O/c1-3-21-14-7-5-4-6-13(14)20-17(21)16(19)12-10-11(18)8-9-15(12)22-2/h4-10,16H,3,19H2,1-2H3. The number of aryl methyl sites for hydroxylation is 1. The van der Waals surface area contributed by atoms with Crippen LogP contribution in [0.25, 0.3) is 11.0 Å². The van der Waals surface area contributed by atoms with Crippen LogP contribution in [0.3, 0.4) is 0 Å². The molecule has 1 heterocycles. The van der Waals surface area contributed by atoms with E-state index in [1.54, 1.807) is 13.2 Å². The number of para-hydroxylation sites is 2. The van der Waals surface area contributed by atoms with Crippen LogP contribution in [0.15, 0.2) is 42.5 Å². The second-order valence-corrected chi connectivity index (χ2v) is 5.50. The number of hydrogen-bond acceptors (Lipinski definition) is 3. The van der Waals surface area contributed by atoms with Gasteiger partial charge in [-0.2, -0.15) is 0 Å². The Morgan fingerprint density at radius 1 is 1.27 bits per heavy atom. The molecule has 4 nitrogen and oxygen atoms in total. The Morgan fingerprint density at radius 2 is 2.05 bits per heavy atom. The number of fused-ring (bicyclic) bond motifs is 1. The van der Waals surface area contributed by atoms with Gasteiger partial charge in [0.15, 0.2) is 0 Å². The van der Waals surface area contributed by atoms with Gasteiger partial charge in [0, 0.05) is 17.1 Å². The zero-order valence-electron chi connectivity index (χ0n) is 12.6. The van der Waals surface area contributed by atoms with Crippen molar-refractivity contribution in [3.63, 3.8) is 0 Å². The molecular weight excluding hydrogens is 298 g/mol. The van der Waals surface area contributed by atoms with Crippen LogP contribution < -0.4 is 10.5 Å². The summed E-state index contributed by atoms with van der Waals surface area (Å²) in [5, 5.41) is 0.630. The summed E-state index contributed by atoms with van der Waals surface area (Å²) in [5.41, 5.74) is 9.33. The molecule has 3 rings (SSSR count). The lowest BCUT2D eigenvalue weighted by atomic mass is 10.1. The molecule has 1 aromatic heterocycles. The monoisotopic (exact) mass is 315 g/mol. The van der Waals surface area contributed by atoms with Crippen LogP contribution >= 0.6 is 11.6 Å². The first-order chi connectivity index (χ1) is 10.7. The maximum Gasteiger partial charge on any atom is 0.131 e. The molecule has 0 saturated carbocycles. The molecule has 0 amide bonds. The molecular formula is C17H18ClN3O. The number of nitrogens with two attached hydrogens (primary N) is 1. The molecule has 5 heteroatoms. The summed E-state index contributed by atoms with van der Waals surface area (Å²) in [7, 11) is 1.63. The fraction of sp³-hybridized carbons (Fsp3) is 0.235. The lowest BCUT2D eigenvalue weighted by molar-refractivity contribution is 0.407. The number of methoxy groups -OCH3 is 1. The first-order valence-corrected chi connectivity index (χ1v) is 7.57. The van der Waals surface area contributed by atoms with Crippen molar-refractivity contribution in [2.24, 2.45) is 5.73 Å². The van der Waals surface area contributed by atoms with Gasteiger partial charge in [0.05, 0.1) is 24.2 Å². The first kappa shape index (κ1) is 14.9. The fourth-order valence-electron chi connectivity index (χ4n) is 2.75. The Kier molecular flexibility index (Phi) is 4.05. The van der Waals surface area contributed by atoms with Gasteiger partial charge in [-0.25, -0.2) is 4.98 Å². The maximum atomic E-state index is 6.48. The van der Waals surface area contributed by atoms with Gasteiger partial charge in [-0.3, -0.25) is 0 Å². The Labute approximate surface area is 134 Å². The molecule has 0 aliphatic rings. The highest BCUT2D eigenvalue weighted by Gasteiger charge is 2.21. The lowest BCUT2D eigenvalue weighted by Crippen LogP contribution is -2.18. The normalized spacial score (nSPS) is 12.5. The second-order valence-electron chi connectivity index (χ2n) is 5.07. The van der Waals surface area contributed by atoms with Crippen LogP contribution in [0, 0.1) is 0 Å². The molecule has 0 aliphatic heterocycles. The van der Waals surface area contributed by atoms with Gasteiger partial charge < -0.3 is 15.0 Å². The minimum absolute atomic E-state index is 0.402. The minimum Gasteiger partial charge on any atom is -0.496 e. The van der Waals surface area contributed by atoms with Crippen LogP contribution in [0.4, 0.5) is 0 Å². The Morgan fingerprint density at radius 3 is 2.77 bits per heavy atom. The molecule has 114 valence electrons. The zero-order valence-corrected chi connectivity index (χ0v) is 13.3. The lowest BCUT2D eigenvalue weighted by Gasteiger charge is -2.17. The van der Waals surface area contributed by atoms with Crippen molar-refractivity contribution in [3.8, 4) is 5.75 Å². The van der Waals surface area contributed by atoms with Crippen molar-refractivity contribution in [3.05, 3.63) is 58.9 Å². The highest BCUT2D eigenvalue weighted by atomic mass is 35.5. The molecule has 2 N–H and O–H groups in total. The van der Waals surface area contributed by atoms with Crippen molar-refractivity contribution >= 4 is 22.6 Å². The van der Waals surface area contributed by atoms with E-state index in [1.807, 2.05) is 30.3 Å². The number of nitrogens with zero attached hydrogens (tertiary/aromatic N) is 2. The molecule has 22 heavy (non-hydrogen) atoms. The van der Waals surface area contributed by atoms with Gasteiger partial charge in [-0.1, -0.05) is 23.7 Å². The summed E-state index contributed by atoms with van der Waals surface area (Å²) in [5.74, 6) is 1.52. The number of halogens is 1. The van der Waals surface area contributed by atoms with Gasteiger partial charge in [0.25, 0.3) is 0 Å². The van der Waals surface area contributed by atoms with Gasteiger partial charge in [0.1, 0.15) is 11.6 Å². The second kappa shape index (κ2) is 5.99. The van der Waals surface area contributed by atoms with Crippen LogP contribution in [-0.4, -0.2) is 16.7 Å². The van der Waals surface area contributed by atoms with Crippen molar-refractivity contribution in [1.82, 2.24) is 9.55 Å². The molecule has 2 aromatic carbocycles. The molecule has 0 aliphatic carbocycles. The van der Waals surface area contributed by atoms with Crippen molar-refractivity contribution < 1.29 is 4.74 Å². The number of hydrogen-bond donors (Lipinski definition) is 1. The van der Waals surface area contributed by atoms with Crippen LogP contribution in [-0.2, 0) is 6.54 Å². The largest absolute Gasteiger partial charge is 0.496 e. The predicted octanol–water partition coefficient (Wildman–Crippen LogP) is 3.77. The summed E-state index contributed by atoms with van der Waals surface area (Å²) in [6.45, 7) is 2.88. The number of aromatic nitrogens is 2. The maximum absolute atomic E-state index is 6.48. The average Bonchev–Trinajstić information content (AvgIpc) is 2.92. The summed E-state index contributed by atoms with van der Waals surface area (Å²) >= 11 is 6.12. The molecule has 0 saturated heterocycles. The Balaban J connectivity index is 2.17. The fourth-order valence-corrected chi connectivity index (χ4v) is 2.93. The summed E-state index contributed by atoms with van der Waals surface area (Å²) < 4.78 is 7.54. The number of rotatable bonds is 4. The molecule has 0 fully saturated rings. The van der Waals surface area contributed by atoms with E-state index in [2.05, 4.69) is 17.6 Å². The van der Waals surface area contributed by atoms with Gasteiger partial charge in [-0.15, -0.1) is 0 Å². The van der Waals surface area contributed by atoms with Crippen molar-refractivity contribution in [2.45, 2.75) is 19.5 Å². The van der Waals surface area contributed by atoms with Gasteiger partial charge in [-0.05, 0) is 37.3 Å². The van der Waals surface area contributed by atoms with E-state index < -0.39 is 6.04 Å².